The Labute approximate surface area is 131 Å². The van der Waals surface area contributed by atoms with Gasteiger partial charge in [-0.1, -0.05) is 23.7 Å². The summed E-state index contributed by atoms with van der Waals surface area (Å²) < 4.78 is 18.1. The first kappa shape index (κ1) is 16.0. The standard InChI is InChI=1S/C16H13ClFNO3/c1-10(15(20)19-14-7-3-5-12(17)9-14)22-16(21)11-4-2-6-13(18)8-11/h2-10H,1H3,(H,19,20)/t10-/m1/s1. The number of ether oxygens (including phenoxy) is 1. The fourth-order valence-electron chi connectivity index (χ4n) is 1.71. The second-order valence-electron chi connectivity index (χ2n) is 4.56. The van der Waals surface area contributed by atoms with E-state index in [2.05, 4.69) is 5.32 Å². The maximum Gasteiger partial charge on any atom is 0.339 e. The smallest absolute Gasteiger partial charge is 0.339 e. The minimum Gasteiger partial charge on any atom is -0.449 e. The minimum absolute atomic E-state index is 0.0439. The highest BCUT2D eigenvalue weighted by molar-refractivity contribution is 6.30. The number of rotatable bonds is 4. The van der Waals surface area contributed by atoms with Crippen molar-refractivity contribution in [2.75, 3.05) is 5.32 Å². The fourth-order valence-corrected chi connectivity index (χ4v) is 1.90. The number of anilines is 1. The van der Waals surface area contributed by atoms with E-state index in [9.17, 15) is 14.0 Å². The van der Waals surface area contributed by atoms with Gasteiger partial charge in [0.1, 0.15) is 5.82 Å². The van der Waals surface area contributed by atoms with Gasteiger partial charge in [0.2, 0.25) is 0 Å². The molecule has 0 bridgehead atoms. The van der Waals surface area contributed by atoms with Crippen LogP contribution in [0.1, 0.15) is 17.3 Å². The third kappa shape index (κ3) is 4.30. The summed E-state index contributed by atoms with van der Waals surface area (Å²) in [6, 6.07) is 11.6. The topological polar surface area (TPSA) is 55.4 Å². The quantitative estimate of drug-likeness (QED) is 0.874. The van der Waals surface area contributed by atoms with E-state index in [0.717, 1.165) is 6.07 Å². The number of esters is 1. The number of nitrogens with one attached hydrogen (secondary N) is 1. The van der Waals surface area contributed by atoms with Gasteiger partial charge in [0.15, 0.2) is 6.10 Å². The predicted molar refractivity (Wildman–Crippen MR) is 81.4 cm³/mol. The van der Waals surface area contributed by atoms with Crippen molar-refractivity contribution in [1.82, 2.24) is 0 Å². The van der Waals surface area contributed by atoms with Gasteiger partial charge in [0.25, 0.3) is 5.91 Å². The van der Waals surface area contributed by atoms with Gasteiger partial charge in [-0.05, 0) is 43.3 Å². The van der Waals surface area contributed by atoms with Crippen LogP contribution in [0.2, 0.25) is 5.02 Å². The molecule has 1 atom stereocenters. The van der Waals surface area contributed by atoms with E-state index in [1.54, 1.807) is 24.3 Å². The van der Waals surface area contributed by atoms with Crippen molar-refractivity contribution in [2.24, 2.45) is 0 Å². The molecule has 0 aliphatic heterocycles. The third-order valence-corrected chi connectivity index (χ3v) is 3.04. The van der Waals surface area contributed by atoms with E-state index in [-0.39, 0.29) is 5.56 Å². The Kier molecular flexibility index (Phi) is 5.12. The van der Waals surface area contributed by atoms with Crippen LogP contribution in [0, 0.1) is 5.82 Å². The lowest BCUT2D eigenvalue weighted by Crippen LogP contribution is -2.30. The molecule has 2 aromatic rings. The van der Waals surface area contributed by atoms with Crippen LogP contribution in [0.25, 0.3) is 0 Å². The number of hydrogen-bond acceptors (Lipinski definition) is 3. The first-order chi connectivity index (χ1) is 10.5. The van der Waals surface area contributed by atoms with Gasteiger partial charge in [-0.3, -0.25) is 4.79 Å². The predicted octanol–water partition coefficient (Wildman–Crippen LogP) is 3.66. The van der Waals surface area contributed by atoms with Crippen molar-refractivity contribution < 1.29 is 18.7 Å². The lowest BCUT2D eigenvalue weighted by Gasteiger charge is -2.13. The maximum absolute atomic E-state index is 13.0. The van der Waals surface area contributed by atoms with Gasteiger partial charge >= 0.3 is 5.97 Å². The van der Waals surface area contributed by atoms with Crippen molar-refractivity contribution in [2.45, 2.75) is 13.0 Å². The van der Waals surface area contributed by atoms with Crippen LogP contribution in [-0.4, -0.2) is 18.0 Å². The highest BCUT2D eigenvalue weighted by Crippen LogP contribution is 2.15. The van der Waals surface area contributed by atoms with Crippen LogP contribution < -0.4 is 5.32 Å². The molecule has 0 heterocycles. The molecule has 0 aliphatic rings. The van der Waals surface area contributed by atoms with Gasteiger partial charge in [0, 0.05) is 10.7 Å². The molecule has 0 saturated heterocycles. The lowest BCUT2D eigenvalue weighted by atomic mass is 10.2. The summed E-state index contributed by atoms with van der Waals surface area (Å²) in [5.74, 6) is -1.83. The van der Waals surface area contributed by atoms with Crippen molar-refractivity contribution in [3.05, 3.63) is 64.9 Å². The average Bonchev–Trinajstić information content (AvgIpc) is 2.47. The maximum atomic E-state index is 13.0. The van der Waals surface area contributed by atoms with E-state index >= 15 is 0 Å². The SMILES string of the molecule is C[C@@H](OC(=O)c1cccc(F)c1)C(=O)Nc1cccc(Cl)c1. The Morgan fingerprint density at radius 1 is 1.18 bits per heavy atom. The number of carbonyl (C=O) groups is 2. The fraction of sp³-hybridized carbons (Fsp3) is 0.125. The zero-order chi connectivity index (χ0) is 16.1. The van der Waals surface area contributed by atoms with Crippen molar-refractivity contribution in [3.63, 3.8) is 0 Å². The largest absolute Gasteiger partial charge is 0.449 e. The number of benzene rings is 2. The summed E-state index contributed by atoms with van der Waals surface area (Å²) in [4.78, 5) is 23.8. The molecule has 2 rings (SSSR count). The highest BCUT2D eigenvalue weighted by atomic mass is 35.5. The summed E-state index contributed by atoms with van der Waals surface area (Å²) in [5, 5.41) is 3.05. The highest BCUT2D eigenvalue weighted by Gasteiger charge is 2.19. The number of hydrogen-bond donors (Lipinski definition) is 1. The van der Waals surface area contributed by atoms with Crippen molar-refractivity contribution in [3.8, 4) is 0 Å². The molecular weight excluding hydrogens is 309 g/mol. The molecule has 2 aromatic carbocycles. The Bertz CT molecular complexity index is 705. The van der Waals surface area contributed by atoms with E-state index in [4.69, 9.17) is 16.3 Å². The molecule has 6 heteroatoms. The van der Waals surface area contributed by atoms with Crippen molar-refractivity contribution in [1.29, 1.82) is 0 Å². The Morgan fingerprint density at radius 2 is 1.91 bits per heavy atom. The monoisotopic (exact) mass is 321 g/mol. The molecule has 1 amide bonds. The van der Waals surface area contributed by atoms with Gasteiger partial charge in [-0.2, -0.15) is 0 Å². The first-order valence-corrected chi connectivity index (χ1v) is 6.86. The summed E-state index contributed by atoms with van der Waals surface area (Å²) in [6.07, 6.45) is -1.03. The van der Waals surface area contributed by atoms with E-state index in [1.165, 1.54) is 25.1 Å². The van der Waals surface area contributed by atoms with E-state index in [1.807, 2.05) is 0 Å². The second-order valence-corrected chi connectivity index (χ2v) is 4.99. The summed E-state index contributed by atoms with van der Waals surface area (Å²) in [7, 11) is 0. The normalized spacial score (nSPS) is 11.6. The summed E-state index contributed by atoms with van der Waals surface area (Å²) in [5.41, 5.74) is 0.536. The number of amides is 1. The molecule has 0 fully saturated rings. The van der Waals surface area contributed by atoms with Gasteiger partial charge in [-0.25, -0.2) is 9.18 Å². The van der Waals surface area contributed by atoms with Crippen LogP contribution >= 0.6 is 11.6 Å². The van der Waals surface area contributed by atoms with Gasteiger partial charge < -0.3 is 10.1 Å². The molecule has 1 N–H and O–H groups in total. The molecule has 4 nitrogen and oxygen atoms in total. The van der Waals surface area contributed by atoms with E-state index < -0.39 is 23.8 Å². The summed E-state index contributed by atoms with van der Waals surface area (Å²) in [6.45, 7) is 1.43. The third-order valence-electron chi connectivity index (χ3n) is 2.81. The molecule has 0 aliphatic carbocycles. The van der Waals surface area contributed by atoms with Gasteiger partial charge in [-0.15, -0.1) is 0 Å². The van der Waals surface area contributed by atoms with Crippen LogP contribution in [0.5, 0.6) is 0 Å². The Hall–Kier alpha value is -2.40. The van der Waals surface area contributed by atoms with Crippen LogP contribution in [0.15, 0.2) is 48.5 Å². The molecule has 22 heavy (non-hydrogen) atoms. The van der Waals surface area contributed by atoms with Gasteiger partial charge in [0.05, 0.1) is 5.56 Å². The van der Waals surface area contributed by atoms with Crippen LogP contribution in [-0.2, 0) is 9.53 Å². The Morgan fingerprint density at radius 3 is 2.59 bits per heavy atom. The average molecular weight is 322 g/mol. The minimum atomic E-state index is -1.03. The van der Waals surface area contributed by atoms with Crippen LogP contribution in [0.3, 0.4) is 0 Å². The molecule has 114 valence electrons. The Balaban J connectivity index is 1.98. The zero-order valence-electron chi connectivity index (χ0n) is 11.7. The number of carbonyl (C=O) groups excluding carboxylic acids is 2. The summed E-state index contributed by atoms with van der Waals surface area (Å²) >= 11 is 5.81. The molecule has 0 aromatic heterocycles. The molecule has 0 radical (unpaired) electrons. The molecule has 0 saturated carbocycles. The molecule has 0 spiro atoms. The molecule has 0 unspecified atom stereocenters. The van der Waals surface area contributed by atoms with Crippen LogP contribution in [0.4, 0.5) is 10.1 Å². The number of halogens is 2. The van der Waals surface area contributed by atoms with E-state index in [0.29, 0.717) is 10.7 Å². The van der Waals surface area contributed by atoms with Crippen molar-refractivity contribution >= 4 is 29.2 Å². The first-order valence-electron chi connectivity index (χ1n) is 6.48. The second kappa shape index (κ2) is 7.04. The lowest BCUT2D eigenvalue weighted by molar-refractivity contribution is -0.123. The zero-order valence-corrected chi connectivity index (χ0v) is 12.4. The molecular formula is C16H13ClFNO3.